The van der Waals surface area contributed by atoms with Crippen molar-refractivity contribution in [3.63, 3.8) is 0 Å². The molecule has 0 radical (unpaired) electrons. The van der Waals surface area contributed by atoms with Gasteiger partial charge in [-0.1, -0.05) is 12.1 Å². The summed E-state index contributed by atoms with van der Waals surface area (Å²) in [6.45, 7) is 1.77. The highest BCUT2D eigenvalue weighted by atomic mass is 19.1. The molecule has 2 aliphatic rings. The number of hydrogen-bond acceptors (Lipinski definition) is 4. The van der Waals surface area contributed by atoms with Crippen molar-refractivity contribution in [2.45, 2.75) is 30.9 Å². The van der Waals surface area contributed by atoms with Gasteiger partial charge in [-0.2, -0.15) is 0 Å². The summed E-state index contributed by atoms with van der Waals surface area (Å²) in [4.78, 5) is 26.6. The second-order valence-electron chi connectivity index (χ2n) is 6.20. The van der Waals surface area contributed by atoms with Gasteiger partial charge in [0, 0.05) is 13.7 Å². The molecule has 1 aromatic carbocycles. The van der Waals surface area contributed by atoms with E-state index >= 15 is 0 Å². The third kappa shape index (κ3) is 3.01. The van der Waals surface area contributed by atoms with Gasteiger partial charge in [0.2, 0.25) is 5.91 Å². The molecule has 3 rings (SSSR count). The SMILES string of the molecule is COC1(C(=O)NC2CCN(c3ccccc3F)C2=O)CCNCC1. The van der Waals surface area contributed by atoms with Crippen molar-refractivity contribution in [1.82, 2.24) is 10.6 Å². The summed E-state index contributed by atoms with van der Waals surface area (Å²) >= 11 is 0. The predicted octanol–water partition coefficient (Wildman–Crippen LogP) is 0.816. The van der Waals surface area contributed by atoms with Crippen LogP contribution in [0.1, 0.15) is 19.3 Å². The Hall–Kier alpha value is -1.99. The number of carbonyl (C=O) groups is 2. The van der Waals surface area contributed by atoms with Crippen LogP contribution in [0.15, 0.2) is 24.3 Å². The molecule has 1 aromatic rings. The number of para-hydroxylation sites is 1. The first-order chi connectivity index (χ1) is 11.6. The van der Waals surface area contributed by atoms with E-state index in [-0.39, 0.29) is 17.5 Å². The lowest BCUT2D eigenvalue weighted by atomic mass is 9.90. The fourth-order valence-electron chi connectivity index (χ4n) is 3.37. The van der Waals surface area contributed by atoms with Crippen LogP contribution in [0.2, 0.25) is 0 Å². The van der Waals surface area contributed by atoms with Crippen LogP contribution in [-0.2, 0) is 14.3 Å². The van der Waals surface area contributed by atoms with Crippen molar-refractivity contribution in [3.05, 3.63) is 30.1 Å². The first kappa shape index (κ1) is 16.9. The molecule has 2 heterocycles. The Labute approximate surface area is 140 Å². The Morgan fingerprint density at radius 2 is 2.08 bits per heavy atom. The number of anilines is 1. The minimum Gasteiger partial charge on any atom is -0.368 e. The molecule has 7 heteroatoms. The summed E-state index contributed by atoms with van der Waals surface area (Å²) in [5, 5.41) is 5.99. The number of benzene rings is 1. The van der Waals surface area contributed by atoms with Crippen molar-refractivity contribution in [2.75, 3.05) is 31.6 Å². The van der Waals surface area contributed by atoms with Crippen molar-refractivity contribution >= 4 is 17.5 Å². The van der Waals surface area contributed by atoms with E-state index in [1.165, 1.54) is 18.1 Å². The van der Waals surface area contributed by atoms with Crippen LogP contribution in [0.4, 0.5) is 10.1 Å². The number of carbonyl (C=O) groups excluding carboxylic acids is 2. The van der Waals surface area contributed by atoms with Crippen LogP contribution in [0.3, 0.4) is 0 Å². The summed E-state index contributed by atoms with van der Waals surface area (Å²) in [5.41, 5.74) is -0.640. The van der Waals surface area contributed by atoms with Crippen LogP contribution in [0.25, 0.3) is 0 Å². The van der Waals surface area contributed by atoms with E-state index < -0.39 is 17.5 Å². The second kappa shape index (κ2) is 6.86. The lowest BCUT2D eigenvalue weighted by molar-refractivity contribution is -0.148. The second-order valence-corrected chi connectivity index (χ2v) is 6.20. The molecule has 1 unspecified atom stereocenters. The molecule has 2 N–H and O–H groups in total. The summed E-state index contributed by atoms with van der Waals surface area (Å²) in [7, 11) is 1.52. The van der Waals surface area contributed by atoms with Crippen LogP contribution >= 0.6 is 0 Å². The number of hydrogen-bond donors (Lipinski definition) is 2. The maximum Gasteiger partial charge on any atom is 0.252 e. The third-order valence-corrected chi connectivity index (χ3v) is 4.87. The zero-order chi connectivity index (χ0) is 17.2. The fraction of sp³-hybridized carbons (Fsp3) is 0.529. The van der Waals surface area contributed by atoms with E-state index in [0.29, 0.717) is 38.9 Å². The van der Waals surface area contributed by atoms with E-state index in [2.05, 4.69) is 10.6 Å². The number of nitrogens with one attached hydrogen (secondary N) is 2. The number of amides is 2. The van der Waals surface area contributed by atoms with Crippen molar-refractivity contribution in [3.8, 4) is 0 Å². The van der Waals surface area contributed by atoms with E-state index in [0.717, 1.165) is 0 Å². The molecule has 130 valence electrons. The summed E-state index contributed by atoms with van der Waals surface area (Å²) < 4.78 is 19.4. The highest BCUT2D eigenvalue weighted by Crippen LogP contribution is 2.26. The van der Waals surface area contributed by atoms with Gasteiger partial charge in [0.1, 0.15) is 17.5 Å². The van der Waals surface area contributed by atoms with Gasteiger partial charge in [-0.3, -0.25) is 9.59 Å². The molecule has 24 heavy (non-hydrogen) atoms. The smallest absolute Gasteiger partial charge is 0.252 e. The molecule has 0 aromatic heterocycles. The van der Waals surface area contributed by atoms with Crippen LogP contribution < -0.4 is 15.5 Å². The van der Waals surface area contributed by atoms with Gasteiger partial charge in [0.15, 0.2) is 0 Å². The van der Waals surface area contributed by atoms with Crippen molar-refractivity contribution in [2.24, 2.45) is 0 Å². The van der Waals surface area contributed by atoms with E-state index in [4.69, 9.17) is 4.74 Å². The number of methoxy groups -OCH3 is 1. The van der Waals surface area contributed by atoms with Gasteiger partial charge in [0.25, 0.3) is 5.91 Å². The Morgan fingerprint density at radius 3 is 2.75 bits per heavy atom. The Kier molecular flexibility index (Phi) is 4.82. The molecule has 0 aliphatic carbocycles. The highest BCUT2D eigenvalue weighted by Gasteiger charge is 2.43. The number of ether oxygens (including phenoxy) is 1. The first-order valence-electron chi connectivity index (χ1n) is 8.20. The molecule has 0 bridgehead atoms. The van der Waals surface area contributed by atoms with E-state index in [9.17, 15) is 14.0 Å². The Morgan fingerprint density at radius 1 is 1.38 bits per heavy atom. The maximum atomic E-state index is 13.9. The van der Waals surface area contributed by atoms with Crippen molar-refractivity contribution in [1.29, 1.82) is 0 Å². The molecule has 2 amide bonds. The van der Waals surface area contributed by atoms with Crippen molar-refractivity contribution < 1.29 is 18.7 Å². The van der Waals surface area contributed by atoms with Gasteiger partial charge in [0.05, 0.1) is 5.69 Å². The summed E-state index contributed by atoms with van der Waals surface area (Å²) in [6.07, 6.45) is 1.58. The molecule has 2 aliphatic heterocycles. The predicted molar refractivity (Wildman–Crippen MR) is 87.1 cm³/mol. The molecule has 2 fully saturated rings. The minimum absolute atomic E-state index is 0.252. The number of piperidine rings is 1. The largest absolute Gasteiger partial charge is 0.368 e. The molecule has 6 nitrogen and oxygen atoms in total. The lowest BCUT2D eigenvalue weighted by Crippen LogP contribution is -2.57. The van der Waals surface area contributed by atoms with Gasteiger partial charge in [-0.15, -0.1) is 0 Å². The minimum atomic E-state index is -0.892. The maximum absolute atomic E-state index is 13.9. The molecule has 1 atom stereocenters. The average Bonchev–Trinajstić information content (AvgIpc) is 2.96. The zero-order valence-corrected chi connectivity index (χ0v) is 13.7. The summed E-state index contributed by atoms with van der Waals surface area (Å²) in [5.74, 6) is -0.988. The van der Waals surface area contributed by atoms with Gasteiger partial charge in [-0.05, 0) is 44.5 Å². The van der Waals surface area contributed by atoms with Crippen LogP contribution in [0, 0.1) is 5.82 Å². The van der Waals surface area contributed by atoms with E-state index in [1.807, 2.05) is 0 Å². The van der Waals surface area contributed by atoms with E-state index in [1.54, 1.807) is 18.2 Å². The van der Waals surface area contributed by atoms with Gasteiger partial charge >= 0.3 is 0 Å². The monoisotopic (exact) mass is 335 g/mol. The first-order valence-corrected chi connectivity index (χ1v) is 8.20. The third-order valence-electron chi connectivity index (χ3n) is 4.87. The van der Waals surface area contributed by atoms with Gasteiger partial charge < -0.3 is 20.3 Å². The zero-order valence-electron chi connectivity index (χ0n) is 13.7. The standard InChI is InChI=1S/C17H22FN3O3/c1-24-17(7-9-19-10-8-17)16(23)20-13-6-11-21(15(13)22)14-5-3-2-4-12(14)18/h2-5,13,19H,6-11H2,1H3,(H,20,23). The quantitative estimate of drug-likeness (QED) is 0.854. The number of nitrogens with zero attached hydrogens (tertiary/aromatic N) is 1. The summed E-state index contributed by atoms with van der Waals surface area (Å²) in [6, 6.07) is 5.52. The Balaban J connectivity index is 1.69. The molecule has 0 saturated carbocycles. The molecular formula is C17H22FN3O3. The van der Waals surface area contributed by atoms with Crippen LogP contribution in [0.5, 0.6) is 0 Å². The average molecular weight is 335 g/mol. The lowest BCUT2D eigenvalue weighted by Gasteiger charge is -2.35. The van der Waals surface area contributed by atoms with Crippen LogP contribution in [-0.4, -0.2) is 50.2 Å². The fourth-order valence-corrected chi connectivity index (χ4v) is 3.37. The number of rotatable bonds is 4. The Bertz CT molecular complexity index is 631. The molecule has 0 spiro atoms. The van der Waals surface area contributed by atoms with Gasteiger partial charge in [-0.25, -0.2) is 4.39 Å². The normalized spacial score (nSPS) is 23.3. The molecular weight excluding hydrogens is 313 g/mol. The highest BCUT2D eigenvalue weighted by molar-refractivity contribution is 6.02. The molecule has 2 saturated heterocycles. The topological polar surface area (TPSA) is 70.7 Å². The number of halogens is 1.